The molecule has 5 nitrogen and oxygen atoms in total. The molecule has 0 aliphatic heterocycles. The highest BCUT2D eigenvalue weighted by Crippen LogP contribution is 2.38. The second-order valence-electron chi connectivity index (χ2n) is 6.53. The van der Waals surface area contributed by atoms with Crippen LogP contribution in [0.15, 0.2) is 75.7 Å². The molecule has 0 saturated carbocycles. The Morgan fingerprint density at radius 3 is 2.59 bits per heavy atom. The summed E-state index contributed by atoms with van der Waals surface area (Å²) in [4.78, 5) is 9.96. The van der Waals surface area contributed by atoms with Gasteiger partial charge in [0.2, 0.25) is 11.8 Å². The van der Waals surface area contributed by atoms with Gasteiger partial charge in [-0.15, -0.1) is 21.5 Å². The summed E-state index contributed by atoms with van der Waals surface area (Å²) in [6.07, 6.45) is 1.61. The minimum absolute atomic E-state index is 0.532. The standard InChI is InChI=1S/C22H16N4OS2/c1-14-7-9-15(10-8-14)17-11-28-21-19(17)22(24-13-23-21)29-12-18-25-26-20(27-18)16-5-3-2-4-6-16/h2-11,13H,12H2,1H3. The highest BCUT2D eigenvalue weighted by molar-refractivity contribution is 7.98. The summed E-state index contributed by atoms with van der Waals surface area (Å²) >= 11 is 3.22. The van der Waals surface area contributed by atoms with E-state index in [1.807, 2.05) is 30.3 Å². The summed E-state index contributed by atoms with van der Waals surface area (Å²) in [6.45, 7) is 2.09. The molecule has 0 radical (unpaired) electrons. The van der Waals surface area contributed by atoms with Gasteiger partial charge in [-0.1, -0.05) is 59.8 Å². The molecule has 142 valence electrons. The average molecular weight is 417 g/mol. The zero-order chi connectivity index (χ0) is 19.6. The van der Waals surface area contributed by atoms with Crippen LogP contribution in [0.3, 0.4) is 0 Å². The van der Waals surface area contributed by atoms with E-state index in [0.29, 0.717) is 17.5 Å². The molecule has 5 aromatic rings. The second kappa shape index (κ2) is 7.77. The zero-order valence-electron chi connectivity index (χ0n) is 15.6. The smallest absolute Gasteiger partial charge is 0.247 e. The summed E-state index contributed by atoms with van der Waals surface area (Å²) in [6, 6.07) is 18.3. The molecule has 2 aromatic carbocycles. The third kappa shape index (κ3) is 3.66. The third-order valence-electron chi connectivity index (χ3n) is 4.52. The largest absolute Gasteiger partial charge is 0.420 e. The Morgan fingerprint density at radius 1 is 0.931 bits per heavy atom. The van der Waals surface area contributed by atoms with E-state index in [-0.39, 0.29) is 0 Å². The van der Waals surface area contributed by atoms with E-state index in [1.54, 1.807) is 29.4 Å². The number of benzene rings is 2. The van der Waals surface area contributed by atoms with Gasteiger partial charge in [0.05, 0.1) is 11.1 Å². The molecule has 3 aromatic heterocycles. The number of rotatable bonds is 5. The van der Waals surface area contributed by atoms with E-state index in [4.69, 9.17) is 4.42 Å². The van der Waals surface area contributed by atoms with Crippen LogP contribution in [0.4, 0.5) is 0 Å². The molecule has 0 saturated heterocycles. The summed E-state index contributed by atoms with van der Waals surface area (Å²) in [5.41, 5.74) is 4.48. The summed E-state index contributed by atoms with van der Waals surface area (Å²) < 4.78 is 5.83. The Kier molecular flexibility index (Phi) is 4.83. The minimum atomic E-state index is 0.532. The third-order valence-corrected chi connectivity index (χ3v) is 6.38. The number of aromatic nitrogens is 4. The Hall–Kier alpha value is -3.03. The molecule has 0 amide bonds. The lowest BCUT2D eigenvalue weighted by Gasteiger charge is -2.04. The number of hydrogen-bond donors (Lipinski definition) is 0. The first kappa shape index (κ1) is 18.0. The van der Waals surface area contributed by atoms with Crippen LogP contribution in [0.5, 0.6) is 0 Å². The fourth-order valence-corrected chi connectivity index (χ4v) is 4.87. The highest BCUT2D eigenvalue weighted by Gasteiger charge is 2.15. The van der Waals surface area contributed by atoms with Crippen molar-refractivity contribution < 1.29 is 4.42 Å². The van der Waals surface area contributed by atoms with Gasteiger partial charge >= 0.3 is 0 Å². The first-order valence-electron chi connectivity index (χ1n) is 9.08. The summed E-state index contributed by atoms with van der Waals surface area (Å²) in [5, 5.41) is 12.5. The van der Waals surface area contributed by atoms with Crippen LogP contribution >= 0.6 is 23.1 Å². The highest BCUT2D eigenvalue weighted by atomic mass is 32.2. The molecule has 0 aliphatic carbocycles. The number of fused-ring (bicyclic) bond motifs is 1. The first-order valence-corrected chi connectivity index (χ1v) is 10.9. The van der Waals surface area contributed by atoms with Crippen molar-refractivity contribution in [1.29, 1.82) is 0 Å². The van der Waals surface area contributed by atoms with Crippen molar-refractivity contribution in [2.45, 2.75) is 17.7 Å². The van der Waals surface area contributed by atoms with Crippen molar-refractivity contribution in [2.75, 3.05) is 0 Å². The topological polar surface area (TPSA) is 64.7 Å². The molecule has 0 fully saturated rings. The van der Waals surface area contributed by atoms with Crippen molar-refractivity contribution in [3.8, 4) is 22.6 Å². The lowest BCUT2D eigenvalue weighted by Crippen LogP contribution is -1.88. The molecule has 0 aliphatic rings. The average Bonchev–Trinajstić information content (AvgIpc) is 3.41. The molecule has 3 heterocycles. The van der Waals surface area contributed by atoms with Crippen molar-refractivity contribution in [1.82, 2.24) is 20.2 Å². The van der Waals surface area contributed by atoms with Crippen LogP contribution in [-0.4, -0.2) is 20.2 Å². The van der Waals surface area contributed by atoms with Gasteiger partial charge in [0.25, 0.3) is 0 Å². The summed E-state index contributed by atoms with van der Waals surface area (Å²) in [7, 11) is 0. The molecule has 0 bridgehead atoms. The van der Waals surface area contributed by atoms with E-state index < -0.39 is 0 Å². The fraction of sp³-hybridized carbons (Fsp3) is 0.0909. The van der Waals surface area contributed by atoms with Crippen LogP contribution in [-0.2, 0) is 5.75 Å². The Morgan fingerprint density at radius 2 is 1.76 bits per heavy atom. The van der Waals surface area contributed by atoms with E-state index in [0.717, 1.165) is 26.4 Å². The predicted octanol–water partition coefficient (Wildman–Crippen LogP) is 6.01. The van der Waals surface area contributed by atoms with E-state index in [2.05, 4.69) is 56.7 Å². The maximum absolute atomic E-state index is 5.83. The quantitative estimate of drug-likeness (QED) is 0.258. The number of thioether (sulfide) groups is 1. The van der Waals surface area contributed by atoms with Gasteiger partial charge in [0, 0.05) is 16.5 Å². The lowest BCUT2D eigenvalue weighted by molar-refractivity contribution is 0.528. The van der Waals surface area contributed by atoms with Gasteiger partial charge in [-0.05, 0) is 24.6 Å². The maximum atomic E-state index is 5.83. The molecule has 0 N–H and O–H groups in total. The molecule has 5 rings (SSSR count). The molecule has 0 unspecified atom stereocenters. The van der Waals surface area contributed by atoms with Gasteiger partial charge in [0.1, 0.15) is 16.2 Å². The molecule has 29 heavy (non-hydrogen) atoms. The normalized spacial score (nSPS) is 11.2. The fourth-order valence-electron chi connectivity index (χ4n) is 3.04. The summed E-state index contributed by atoms with van der Waals surface area (Å²) in [5.74, 6) is 1.66. The van der Waals surface area contributed by atoms with Crippen LogP contribution in [0, 0.1) is 6.92 Å². The van der Waals surface area contributed by atoms with Gasteiger partial charge in [-0.2, -0.15) is 0 Å². The molecule has 0 spiro atoms. The zero-order valence-corrected chi connectivity index (χ0v) is 17.2. The molecular weight excluding hydrogens is 400 g/mol. The number of thiophene rings is 1. The van der Waals surface area contributed by atoms with E-state index in [1.165, 1.54) is 11.1 Å². The Bertz CT molecular complexity index is 1260. The van der Waals surface area contributed by atoms with E-state index in [9.17, 15) is 0 Å². The Balaban J connectivity index is 1.43. The van der Waals surface area contributed by atoms with Crippen molar-refractivity contribution in [3.05, 3.63) is 77.8 Å². The van der Waals surface area contributed by atoms with Crippen LogP contribution < -0.4 is 0 Å². The molecule has 0 atom stereocenters. The van der Waals surface area contributed by atoms with Gasteiger partial charge in [-0.3, -0.25) is 0 Å². The molecule has 7 heteroatoms. The number of nitrogens with zero attached hydrogens (tertiary/aromatic N) is 4. The Labute approximate surface area is 175 Å². The van der Waals surface area contributed by atoms with Crippen molar-refractivity contribution >= 4 is 33.3 Å². The van der Waals surface area contributed by atoms with Gasteiger partial charge < -0.3 is 4.42 Å². The molecular formula is C22H16N4OS2. The van der Waals surface area contributed by atoms with Crippen molar-refractivity contribution in [3.63, 3.8) is 0 Å². The lowest BCUT2D eigenvalue weighted by atomic mass is 10.1. The second-order valence-corrected chi connectivity index (χ2v) is 8.35. The van der Waals surface area contributed by atoms with Gasteiger partial charge in [-0.25, -0.2) is 9.97 Å². The number of hydrogen-bond acceptors (Lipinski definition) is 7. The maximum Gasteiger partial charge on any atom is 0.247 e. The SMILES string of the molecule is Cc1ccc(-c2csc3ncnc(SCc4nnc(-c5ccccc5)o4)c23)cc1. The monoisotopic (exact) mass is 416 g/mol. The first-order chi connectivity index (χ1) is 14.3. The van der Waals surface area contributed by atoms with Crippen LogP contribution in [0.2, 0.25) is 0 Å². The van der Waals surface area contributed by atoms with Crippen LogP contribution in [0.1, 0.15) is 11.5 Å². The van der Waals surface area contributed by atoms with E-state index >= 15 is 0 Å². The van der Waals surface area contributed by atoms with Crippen LogP contribution in [0.25, 0.3) is 32.8 Å². The number of aryl methyl sites for hydroxylation is 1. The van der Waals surface area contributed by atoms with Gasteiger partial charge in [0.15, 0.2) is 0 Å². The minimum Gasteiger partial charge on any atom is -0.420 e. The predicted molar refractivity (Wildman–Crippen MR) is 117 cm³/mol. The van der Waals surface area contributed by atoms with Crippen molar-refractivity contribution in [2.24, 2.45) is 0 Å².